The molecule has 0 bridgehead atoms. The molecule has 0 unspecified atom stereocenters. The Hall–Kier alpha value is -0.890. The summed E-state index contributed by atoms with van der Waals surface area (Å²) < 4.78 is 51.4. The van der Waals surface area contributed by atoms with Gasteiger partial charge in [0.15, 0.2) is 5.69 Å². The van der Waals surface area contributed by atoms with Crippen molar-refractivity contribution in [3.63, 3.8) is 0 Å². The summed E-state index contributed by atoms with van der Waals surface area (Å²) in [6.45, 7) is 2.13. The van der Waals surface area contributed by atoms with Gasteiger partial charge in [-0.25, -0.2) is 0 Å². The molecule has 140 valence electrons. The summed E-state index contributed by atoms with van der Waals surface area (Å²) >= 11 is 0. The van der Waals surface area contributed by atoms with Crippen LogP contribution in [0.3, 0.4) is 0 Å². The number of hydrogen-bond donors (Lipinski definition) is 0. The molecule has 0 aromatic carbocycles. The van der Waals surface area contributed by atoms with Gasteiger partial charge in [0.25, 0.3) is 0 Å². The van der Waals surface area contributed by atoms with Crippen LogP contribution in [0.2, 0.25) is 0 Å². The Morgan fingerprint density at radius 1 is 1.24 bits per heavy atom. The summed E-state index contributed by atoms with van der Waals surface area (Å²) in [6, 6.07) is 1.75. The van der Waals surface area contributed by atoms with Crippen molar-refractivity contribution in [1.29, 1.82) is 0 Å². The van der Waals surface area contributed by atoms with Crippen molar-refractivity contribution in [1.82, 2.24) is 14.7 Å². The fourth-order valence-corrected chi connectivity index (χ4v) is 6.65. The zero-order valence-corrected chi connectivity index (χ0v) is 15.2. The van der Waals surface area contributed by atoms with Crippen molar-refractivity contribution >= 4 is 10.8 Å². The topological polar surface area (TPSA) is 38.1 Å². The molecule has 1 spiro atoms. The van der Waals surface area contributed by atoms with Crippen LogP contribution in [0.4, 0.5) is 13.2 Å². The lowest BCUT2D eigenvalue weighted by atomic mass is 9.83. The van der Waals surface area contributed by atoms with Crippen molar-refractivity contribution in [3.05, 3.63) is 17.5 Å². The zero-order valence-electron chi connectivity index (χ0n) is 14.4. The van der Waals surface area contributed by atoms with Crippen LogP contribution in [0.1, 0.15) is 49.4 Å². The molecule has 0 amide bonds. The maximum Gasteiger partial charge on any atom is 0.435 e. The first-order valence-electron chi connectivity index (χ1n) is 8.96. The number of likely N-dealkylation sites (tertiary alicyclic amines) is 1. The van der Waals surface area contributed by atoms with Gasteiger partial charge in [0.1, 0.15) is 0 Å². The number of alkyl halides is 3. The second-order valence-electron chi connectivity index (χ2n) is 8.03. The molecule has 1 aromatic heterocycles. The highest BCUT2D eigenvalue weighted by atomic mass is 32.2. The summed E-state index contributed by atoms with van der Waals surface area (Å²) in [6.07, 6.45) is 0.649. The van der Waals surface area contributed by atoms with E-state index in [0.717, 1.165) is 56.7 Å². The highest BCUT2D eigenvalue weighted by molar-refractivity contribution is 7.86. The molecule has 0 radical (unpaired) electrons. The molecule has 3 heterocycles. The minimum absolute atomic E-state index is 0.164. The van der Waals surface area contributed by atoms with Gasteiger partial charge in [0, 0.05) is 59.0 Å². The van der Waals surface area contributed by atoms with Crippen LogP contribution in [-0.4, -0.2) is 49.5 Å². The van der Waals surface area contributed by atoms with Crippen LogP contribution < -0.4 is 0 Å². The second-order valence-corrected chi connectivity index (χ2v) is 9.49. The average molecular weight is 375 g/mol. The van der Waals surface area contributed by atoms with E-state index in [-0.39, 0.29) is 5.92 Å². The third-order valence-corrected chi connectivity index (χ3v) is 8.11. The summed E-state index contributed by atoms with van der Waals surface area (Å²) in [5, 5.41) is 3.65. The van der Waals surface area contributed by atoms with Crippen molar-refractivity contribution in [2.24, 2.45) is 12.5 Å². The van der Waals surface area contributed by atoms with E-state index in [2.05, 4.69) is 10.00 Å². The van der Waals surface area contributed by atoms with Gasteiger partial charge in [-0.05, 0) is 44.7 Å². The molecule has 4 rings (SSSR count). The van der Waals surface area contributed by atoms with Crippen molar-refractivity contribution < 1.29 is 17.4 Å². The first kappa shape index (κ1) is 17.5. The SMILES string of the molecule is Cn1nc(C(F)(F)F)cc1C1CCC(N2CCC3(C2)CS(=O)C3)CC1. The number of rotatable bonds is 2. The highest BCUT2D eigenvalue weighted by Gasteiger charge is 2.49. The van der Waals surface area contributed by atoms with Crippen molar-refractivity contribution in [2.45, 2.75) is 50.2 Å². The molecule has 8 heteroatoms. The monoisotopic (exact) mass is 375 g/mol. The van der Waals surface area contributed by atoms with Crippen LogP contribution >= 0.6 is 0 Å². The summed E-state index contributed by atoms with van der Waals surface area (Å²) in [7, 11) is 1.00. The van der Waals surface area contributed by atoms with Crippen LogP contribution in [0.25, 0.3) is 0 Å². The van der Waals surface area contributed by atoms with Crippen LogP contribution in [0.15, 0.2) is 6.07 Å². The maximum absolute atomic E-state index is 12.9. The van der Waals surface area contributed by atoms with E-state index in [1.165, 1.54) is 10.7 Å². The molecule has 2 aliphatic heterocycles. The van der Waals surface area contributed by atoms with E-state index in [1.54, 1.807) is 7.05 Å². The predicted molar refractivity (Wildman–Crippen MR) is 89.7 cm³/mol. The highest BCUT2D eigenvalue weighted by Crippen LogP contribution is 2.43. The van der Waals surface area contributed by atoms with E-state index < -0.39 is 22.7 Å². The van der Waals surface area contributed by atoms with Crippen molar-refractivity contribution in [2.75, 3.05) is 24.6 Å². The van der Waals surface area contributed by atoms with Crippen LogP contribution in [-0.2, 0) is 24.0 Å². The van der Waals surface area contributed by atoms with E-state index >= 15 is 0 Å². The van der Waals surface area contributed by atoms with Gasteiger partial charge < -0.3 is 0 Å². The maximum atomic E-state index is 12.9. The Morgan fingerprint density at radius 3 is 2.48 bits per heavy atom. The number of halogens is 3. The first-order valence-corrected chi connectivity index (χ1v) is 10.4. The summed E-state index contributed by atoms with van der Waals surface area (Å²) in [4.78, 5) is 2.54. The molecule has 1 aliphatic carbocycles. The summed E-state index contributed by atoms with van der Waals surface area (Å²) in [5.74, 6) is 1.87. The molecular weight excluding hydrogens is 351 g/mol. The van der Waals surface area contributed by atoms with E-state index in [9.17, 15) is 17.4 Å². The molecule has 0 atom stereocenters. The zero-order chi connectivity index (χ0) is 17.8. The quantitative estimate of drug-likeness (QED) is 0.798. The number of nitrogens with zero attached hydrogens (tertiary/aromatic N) is 3. The van der Waals surface area contributed by atoms with Crippen LogP contribution in [0.5, 0.6) is 0 Å². The Labute approximate surface area is 148 Å². The molecule has 1 aromatic rings. The largest absolute Gasteiger partial charge is 0.435 e. The van der Waals surface area contributed by atoms with Gasteiger partial charge in [-0.15, -0.1) is 0 Å². The number of aromatic nitrogens is 2. The molecule has 2 saturated heterocycles. The fraction of sp³-hybridized carbons (Fsp3) is 0.824. The number of hydrogen-bond acceptors (Lipinski definition) is 3. The van der Waals surface area contributed by atoms with E-state index in [4.69, 9.17) is 0 Å². The molecule has 4 nitrogen and oxygen atoms in total. The van der Waals surface area contributed by atoms with Crippen molar-refractivity contribution in [3.8, 4) is 0 Å². The van der Waals surface area contributed by atoms with Gasteiger partial charge >= 0.3 is 6.18 Å². The Balaban J connectivity index is 1.36. The number of aryl methyl sites for hydroxylation is 1. The van der Waals surface area contributed by atoms with E-state index in [1.807, 2.05) is 0 Å². The molecular formula is C17H24F3N3OS. The molecule has 0 N–H and O–H groups in total. The van der Waals surface area contributed by atoms with Gasteiger partial charge in [-0.1, -0.05) is 0 Å². The first-order chi connectivity index (χ1) is 11.8. The van der Waals surface area contributed by atoms with Gasteiger partial charge in [-0.3, -0.25) is 13.8 Å². The minimum atomic E-state index is -4.38. The van der Waals surface area contributed by atoms with Crippen LogP contribution in [0, 0.1) is 5.41 Å². The molecule has 25 heavy (non-hydrogen) atoms. The third kappa shape index (κ3) is 3.27. The normalized spacial score (nSPS) is 36.7. The lowest BCUT2D eigenvalue weighted by Gasteiger charge is -2.39. The predicted octanol–water partition coefficient (Wildman–Crippen LogP) is 2.92. The second kappa shape index (κ2) is 6.08. The van der Waals surface area contributed by atoms with Gasteiger partial charge in [0.2, 0.25) is 0 Å². The van der Waals surface area contributed by atoms with Gasteiger partial charge in [0.05, 0.1) is 0 Å². The molecule has 1 saturated carbocycles. The lowest BCUT2D eigenvalue weighted by Crippen LogP contribution is -2.48. The third-order valence-electron chi connectivity index (χ3n) is 6.24. The molecule has 3 fully saturated rings. The fourth-order valence-electron chi connectivity index (χ4n) is 4.90. The Kier molecular flexibility index (Phi) is 4.26. The minimum Gasteiger partial charge on any atom is -0.300 e. The molecule has 3 aliphatic rings. The van der Waals surface area contributed by atoms with Gasteiger partial charge in [-0.2, -0.15) is 18.3 Å². The Morgan fingerprint density at radius 2 is 1.92 bits per heavy atom. The standard InChI is InChI=1S/C17H24F3N3OS/c1-22-14(8-15(21-22)17(18,19)20)12-2-4-13(5-3-12)23-7-6-16(9-23)10-25(24)11-16/h8,12-13H,2-7,9-11H2,1H3. The smallest absolute Gasteiger partial charge is 0.300 e. The van der Waals surface area contributed by atoms with E-state index in [0.29, 0.717) is 17.2 Å². The average Bonchev–Trinajstić information content (AvgIpc) is 3.11. The summed E-state index contributed by atoms with van der Waals surface area (Å²) in [5.41, 5.74) is 0.218. The Bertz CT molecular complexity index is 671. The lowest BCUT2D eigenvalue weighted by molar-refractivity contribution is -0.141.